The molecule has 1 saturated heterocycles. The third kappa shape index (κ3) is 10.0. The Morgan fingerprint density at radius 2 is 1.56 bits per heavy atom. The van der Waals surface area contributed by atoms with Crippen molar-refractivity contribution in [1.82, 2.24) is 10.2 Å². The van der Waals surface area contributed by atoms with Gasteiger partial charge in [0.25, 0.3) is 0 Å². The predicted octanol–water partition coefficient (Wildman–Crippen LogP) is 6.57. The van der Waals surface area contributed by atoms with Gasteiger partial charge in [0.05, 0.1) is 11.0 Å². The molecule has 0 radical (unpaired) electrons. The maximum Gasteiger partial charge on any atom is 0.407 e. The molecule has 1 heterocycles. The molecule has 3 amide bonds. The number of ether oxygens (including phenoxy) is 3. The molecule has 2 aromatic carbocycles. The van der Waals surface area contributed by atoms with Crippen molar-refractivity contribution in [2.24, 2.45) is 17.3 Å². The number of nitrogens with one attached hydrogen (secondary N) is 2. The van der Waals surface area contributed by atoms with Crippen LogP contribution in [0.1, 0.15) is 102 Å². The monoisotopic (exact) mass is 695 g/mol. The summed E-state index contributed by atoms with van der Waals surface area (Å²) in [5.41, 5.74) is -0.746. The van der Waals surface area contributed by atoms with Crippen molar-refractivity contribution in [1.29, 1.82) is 0 Å². The van der Waals surface area contributed by atoms with E-state index < -0.39 is 53.6 Å². The highest BCUT2D eigenvalue weighted by Gasteiger charge is 2.45. The van der Waals surface area contributed by atoms with E-state index in [4.69, 9.17) is 14.2 Å². The summed E-state index contributed by atoms with van der Waals surface area (Å²) in [7, 11) is 0. The third-order valence-corrected chi connectivity index (χ3v) is 9.20. The second kappa shape index (κ2) is 16.0. The zero-order chi connectivity index (χ0) is 36.8. The summed E-state index contributed by atoms with van der Waals surface area (Å²) >= 11 is 0. The van der Waals surface area contributed by atoms with Crippen molar-refractivity contribution in [2.75, 3.05) is 18.7 Å². The summed E-state index contributed by atoms with van der Waals surface area (Å²) in [6.07, 6.45) is 2.86. The normalized spacial score (nSPS) is 21.5. The van der Waals surface area contributed by atoms with Crippen LogP contribution < -0.4 is 10.6 Å². The van der Waals surface area contributed by atoms with Crippen LogP contribution in [-0.2, 0) is 28.6 Å². The number of benzene rings is 2. The van der Waals surface area contributed by atoms with E-state index in [1.54, 1.807) is 25.7 Å². The maximum atomic E-state index is 15.1. The van der Waals surface area contributed by atoms with Gasteiger partial charge in [0.1, 0.15) is 17.5 Å². The predicted molar refractivity (Wildman–Crippen MR) is 184 cm³/mol. The highest BCUT2D eigenvalue weighted by Crippen LogP contribution is 2.38. The average Bonchev–Trinajstić information content (AvgIpc) is 3.49. The Morgan fingerprint density at radius 3 is 2.16 bits per heavy atom. The number of alkyl carbamates (subject to hydrolysis) is 1. The molecule has 2 N–H and O–H groups in total. The van der Waals surface area contributed by atoms with Crippen molar-refractivity contribution in [3.05, 3.63) is 65.5 Å². The highest BCUT2D eigenvalue weighted by atomic mass is 19.1. The fraction of sp³-hybridized carbons (Fsp3) is 0.553. The Bertz CT molecular complexity index is 1540. The van der Waals surface area contributed by atoms with Gasteiger partial charge in [-0.1, -0.05) is 30.3 Å². The highest BCUT2D eigenvalue weighted by molar-refractivity contribution is 5.99. The summed E-state index contributed by atoms with van der Waals surface area (Å²) in [5, 5.41) is 5.69. The van der Waals surface area contributed by atoms with Crippen LogP contribution in [0.3, 0.4) is 0 Å². The lowest BCUT2D eigenvalue weighted by Gasteiger charge is -2.35. The number of esters is 2. The SMILES string of the molecule is CC(NC(=O)OC(C)(C)C)[C@H]1CC[C@H](C(=O)N2CC[C@@H](c3ccccc3)[C@H]2C(=O)Nc2ccc(C(=O)OCOC(=O)C(C)(C)C)c(F)c2)CC1. The van der Waals surface area contributed by atoms with Crippen LogP contribution in [0.15, 0.2) is 48.5 Å². The number of carbonyl (C=O) groups is 5. The molecular weight excluding hydrogens is 645 g/mol. The molecule has 1 saturated carbocycles. The smallest absolute Gasteiger partial charge is 0.407 e. The number of anilines is 1. The van der Waals surface area contributed by atoms with Crippen LogP contribution in [0.5, 0.6) is 0 Å². The average molecular weight is 696 g/mol. The van der Waals surface area contributed by atoms with Gasteiger partial charge in [-0.15, -0.1) is 0 Å². The molecule has 2 fully saturated rings. The second-order valence-electron chi connectivity index (χ2n) is 15.2. The van der Waals surface area contributed by atoms with Gasteiger partial charge in [-0.25, -0.2) is 14.0 Å². The standard InChI is InChI=1S/C38H50FN3O8/c1-23(40-36(47)50-38(5,6)7)24-13-15-26(16-14-24)33(44)42-20-19-28(25-11-9-8-10-12-25)31(42)32(43)41-27-17-18-29(30(39)21-27)34(45)48-22-49-35(46)37(2,3)4/h8-12,17-18,21,23-24,26,28,31H,13-16,19-20,22H2,1-7H3,(H,40,47)(H,41,43)/t23?,24-,26-,28-,31-/m0/s1. The number of nitrogens with zero attached hydrogens (tertiary/aromatic N) is 1. The number of carbonyl (C=O) groups excluding carboxylic acids is 5. The fourth-order valence-electron chi connectivity index (χ4n) is 6.53. The van der Waals surface area contributed by atoms with E-state index in [0.717, 1.165) is 24.5 Å². The van der Waals surface area contributed by atoms with Gasteiger partial charge in [-0.2, -0.15) is 0 Å². The summed E-state index contributed by atoms with van der Waals surface area (Å²) in [4.78, 5) is 66.3. The molecule has 2 aromatic rings. The first-order valence-corrected chi connectivity index (χ1v) is 17.2. The van der Waals surface area contributed by atoms with E-state index in [1.807, 2.05) is 58.0 Å². The van der Waals surface area contributed by atoms with E-state index in [-0.39, 0.29) is 41.0 Å². The fourth-order valence-corrected chi connectivity index (χ4v) is 6.53. The molecule has 3 atom stereocenters. The minimum absolute atomic E-state index is 0.0915. The Balaban J connectivity index is 1.42. The number of amides is 3. The number of hydrogen-bond acceptors (Lipinski definition) is 8. The van der Waals surface area contributed by atoms with E-state index >= 15 is 4.39 Å². The molecule has 0 aromatic heterocycles. The largest absolute Gasteiger partial charge is 0.444 e. The maximum absolute atomic E-state index is 15.1. The topological polar surface area (TPSA) is 140 Å². The Kier molecular flexibility index (Phi) is 12.3. The van der Waals surface area contributed by atoms with E-state index in [2.05, 4.69) is 10.6 Å². The molecule has 11 nitrogen and oxygen atoms in total. The summed E-state index contributed by atoms with van der Waals surface area (Å²) in [5.74, 6) is -3.44. The first kappa shape index (κ1) is 38.3. The molecule has 1 aliphatic heterocycles. The quantitative estimate of drug-likeness (QED) is 0.222. The third-order valence-electron chi connectivity index (χ3n) is 9.20. The van der Waals surface area contributed by atoms with Gasteiger partial charge in [-0.3, -0.25) is 14.4 Å². The molecule has 1 aliphatic carbocycles. The van der Waals surface area contributed by atoms with Crippen LogP contribution in [-0.4, -0.2) is 65.8 Å². The van der Waals surface area contributed by atoms with Crippen LogP contribution in [0, 0.1) is 23.1 Å². The minimum atomic E-state index is -1.02. The molecule has 12 heteroatoms. The zero-order valence-electron chi connectivity index (χ0n) is 30.0. The number of rotatable bonds is 9. The van der Waals surface area contributed by atoms with Crippen LogP contribution in [0.25, 0.3) is 0 Å². The second-order valence-corrected chi connectivity index (χ2v) is 15.2. The Hall–Kier alpha value is -4.48. The Labute approximate surface area is 293 Å². The molecule has 2 aliphatic rings. The molecule has 1 unspecified atom stereocenters. The molecule has 50 heavy (non-hydrogen) atoms. The Morgan fingerprint density at radius 1 is 0.900 bits per heavy atom. The first-order chi connectivity index (χ1) is 23.4. The van der Waals surface area contributed by atoms with Gasteiger partial charge in [0.2, 0.25) is 18.6 Å². The first-order valence-electron chi connectivity index (χ1n) is 17.2. The van der Waals surface area contributed by atoms with Crippen LogP contribution in [0.2, 0.25) is 0 Å². The lowest BCUT2D eigenvalue weighted by atomic mass is 9.78. The van der Waals surface area contributed by atoms with Gasteiger partial charge >= 0.3 is 18.0 Å². The molecule has 0 bridgehead atoms. The number of likely N-dealkylation sites (tertiary alicyclic amines) is 1. The van der Waals surface area contributed by atoms with E-state index in [9.17, 15) is 24.0 Å². The molecule has 0 spiro atoms. The molecule has 4 rings (SSSR count). The van der Waals surface area contributed by atoms with E-state index in [1.165, 1.54) is 12.1 Å². The number of hydrogen-bond donors (Lipinski definition) is 2. The molecule has 272 valence electrons. The number of halogens is 1. The van der Waals surface area contributed by atoms with Crippen molar-refractivity contribution in [3.8, 4) is 0 Å². The van der Waals surface area contributed by atoms with Crippen molar-refractivity contribution in [3.63, 3.8) is 0 Å². The van der Waals surface area contributed by atoms with Crippen LogP contribution in [0.4, 0.5) is 14.9 Å². The summed E-state index contributed by atoms with van der Waals surface area (Å²) < 4.78 is 30.3. The molecular formula is C38H50FN3O8. The minimum Gasteiger partial charge on any atom is -0.444 e. The van der Waals surface area contributed by atoms with Crippen LogP contribution >= 0.6 is 0 Å². The zero-order valence-corrected chi connectivity index (χ0v) is 30.0. The van der Waals surface area contributed by atoms with Crippen molar-refractivity contribution >= 4 is 35.5 Å². The summed E-state index contributed by atoms with van der Waals surface area (Å²) in [6.45, 7) is 12.1. The van der Waals surface area contributed by atoms with Crippen molar-refractivity contribution in [2.45, 2.75) is 104 Å². The van der Waals surface area contributed by atoms with E-state index in [0.29, 0.717) is 25.8 Å². The summed E-state index contributed by atoms with van der Waals surface area (Å²) in [6, 6.07) is 12.2. The van der Waals surface area contributed by atoms with Gasteiger partial charge < -0.3 is 29.7 Å². The lowest BCUT2D eigenvalue weighted by molar-refractivity contribution is -0.161. The lowest BCUT2D eigenvalue weighted by Crippen LogP contribution is -2.48. The van der Waals surface area contributed by atoms with Gasteiger partial charge in [-0.05, 0) is 110 Å². The van der Waals surface area contributed by atoms with Gasteiger partial charge in [0, 0.05) is 30.1 Å². The van der Waals surface area contributed by atoms with Crippen molar-refractivity contribution < 1.29 is 42.6 Å². The van der Waals surface area contributed by atoms with Gasteiger partial charge in [0.15, 0.2) is 0 Å².